The monoisotopic (exact) mass is 655 g/mol. The molecule has 0 radical (unpaired) electrons. The number of nitrogens with zero attached hydrogens (tertiary/aromatic N) is 3. The van der Waals surface area contributed by atoms with Crippen molar-refractivity contribution < 1.29 is 42.2 Å². The van der Waals surface area contributed by atoms with Crippen molar-refractivity contribution >= 4 is 22.6 Å². The van der Waals surface area contributed by atoms with Crippen LogP contribution in [0, 0.1) is 10.1 Å². The van der Waals surface area contributed by atoms with E-state index in [1.807, 2.05) is 6.07 Å². The summed E-state index contributed by atoms with van der Waals surface area (Å²) in [6.07, 6.45) is -3.13. The number of fused-ring (bicyclic) bond motifs is 2. The van der Waals surface area contributed by atoms with Crippen molar-refractivity contribution in [2.24, 2.45) is 0 Å². The van der Waals surface area contributed by atoms with Crippen LogP contribution in [-0.4, -0.2) is 65.6 Å². The normalized spacial score (nSPS) is 14.8. The molecule has 1 aliphatic heterocycles. The van der Waals surface area contributed by atoms with Crippen LogP contribution in [0.4, 0.5) is 18.9 Å². The molecule has 2 heterocycles. The van der Waals surface area contributed by atoms with Gasteiger partial charge in [0.2, 0.25) is 5.60 Å². The van der Waals surface area contributed by atoms with Crippen LogP contribution in [-0.2, 0) is 41.1 Å². The topological polar surface area (TPSA) is 116 Å². The van der Waals surface area contributed by atoms with Gasteiger partial charge >= 0.3 is 12.1 Å². The first-order valence-electron chi connectivity index (χ1n) is 15.1. The third-order valence-corrected chi connectivity index (χ3v) is 8.56. The van der Waals surface area contributed by atoms with Crippen LogP contribution in [0.2, 0.25) is 0 Å². The lowest BCUT2D eigenvalue weighted by molar-refractivity contribution is -0.384. The Kier molecular flexibility index (Phi) is 9.78. The molecule has 0 bridgehead atoms. The maximum atomic E-state index is 15.0. The molecule has 0 saturated heterocycles. The molecule has 1 atom stereocenters. The Hall–Kier alpha value is -4.62. The molecule has 1 aromatic heterocycles. The Morgan fingerprint density at radius 1 is 1.09 bits per heavy atom. The molecule has 5 rings (SSSR count). The highest BCUT2D eigenvalue weighted by Crippen LogP contribution is 2.45. The molecule has 0 aliphatic carbocycles. The van der Waals surface area contributed by atoms with Crippen molar-refractivity contribution in [3.8, 4) is 11.5 Å². The van der Waals surface area contributed by atoms with Crippen molar-refractivity contribution in [2.75, 3.05) is 33.9 Å². The van der Waals surface area contributed by atoms with Gasteiger partial charge in [0, 0.05) is 73.0 Å². The van der Waals surface area contributed by atoms with Crippen LogP contribution in [0.25, 0.3) is 10.9 Å². The third-order valence-electron chi connectivity index (χ3n) is 8.56. The van der Waals surface area contributed by atoms with Crippen molar-refractivity contribution in [3.05, 3.63) is 98.7 Å². The number of nitro benzene ring substituents is 1. The van der Waals surface area contributed by atoms with E-state index in [1.54, 1.807) is 37.3 Å². The Bertz CT molecular complexity index is 1770. The molecule has 13 heteroatoms. The van der Waals surface area contributed by atoms with Gasteiger partial charge in [0.1, 0.15) is 11.5 Å². The molecule has 4 aromatic rings. The van der Waals surface area contributed by atoms with Gasteiger partial charge in [-0.2, -0.15) is 13.2 Å². The van der Waals surface area contributed by atoms with E-state index in [9.17, 15) is 20.0 Å². The number of carbonyl (C=O) groups is 1. The predicted octanol–water partition coefficient (Wildman–Crippen LogP) is 5.92. The van der Waals surface area contributed by atoms with Crippen molar-refractivity contribution in [3.63, 3.8) is 0 Å². The minimum absolute atomic E-state index is 0.0622. The quantitative estimate of drug-likeness (QED) is 0.114. The van der Waals surface area contributed by atoms with Crippen LogP contribution in [0.15, 0.2) is 60.8 Å². The molecule has 0 spiro atoms. The number of hydrogen-bond donors (Lipinski definition) is 1. The Morgan fingerprint density at radius 2 is 1.83 bits per heavy atom. The van der Waals surface area contributed by atoms with E-state index in [1.165, 1.54) is 42.0 Å². The Labute approximate surface area is 269 Å². The number of rotatable bonds is 12. The molecule has 47 heavy (non-hydrogen) atoms. The zero-order valence-electron chi connectivity index (χ0n) is 26.3. The largest absolute Gasteiger partial charge is 0.496 e. The van der Waals surface area contributed by atoms with Gasteiger partial charge in [0.25, 0.3) is 5.69 Å². The van der Waals surface area contributed by atoms with Crippen LogP contribution < -0.4 is 9.47 Å². The molecule has 10 nitrogen and oxygen atoms in total. The van der Waals surface area contributed by atoms with E-state index >= 15 is 13.2 Å². The number of methoxy groups -OCH3 is 2. The van der Waals surface area contributed by atoms with Crippen LogP contribution in [0.1, 0.15) is 41.2 Å². The summed E-state index contributed by atoms with van der Waals surface area (Å²) in [6, 6.07) is 14.4. The summed E-state index contributed by atoms with van der Waals surface area (Å²) in [7, 11) is 2.96. The summed E-state index contributed by atoms with van der Waals surface area (Å²) in [5, 5.41) is 23.3. The molecular formula is C34H36F3N3O7. The second kappa shape index (κ2) is 13.6. The summed E-state index contributed by atoms with van der Waals surface area (Å²) in [5.41, 5.74) is -0.853. The molecule has 0 fully saturated rings. The zero-order valence-corrected chi connectivity index (χ0v) is 26.3. The fraction of sp³-hybridized carbons (Fsp3) is 0.382. The number of alkyl halides is 3. The zero-order chi connectivity index (χ0) is 33.9. The molecule has 3 aromatic carbocycles. The lowest BCUT2D eigenvalue weighted by Gasteiger charge is -2.38. The number of esters is 1. The minimum atomic E-state index is -5.09. The molecule has 0 amide bonds. The highest BCUT2D eigenvalue weighted by molar-refractivity contribution is 5.87. The number of aliphatic hydroxyl groups is 1. The lowest BCUT2D eigenvalue weighted by atomic mass is 9.89. The first kappa shape index (κ1) is 33.7. The smallest absolute Gasteiger partial charge is 0.422 e. The number of ether oxygens (including phenoxy) is 3. The van der Waals surface area contributed by atoms with Crippen molar-refractivity contribution in [1.82, 2.24) is 9.47 Å². The average molecular weight is 656 g/mol. The van der Waals surface area contributed by atoms with Gasteiger partial charge in [0.15, 0.2) is 0 Å². The van der Waals surface area contributed by atoms with E-state index in [0.717, 1.165) is 17.2 Å². The molecular weight excluding hydrogens is 619 g/mol. The molecule has 0 saturated carbocycles. The number of halogens is 3. The van der Waals surface area contributed by atoms with Crippen LogP contribution in [0.3, 0.4) is 0 Å². The number of non-ortho nitro benzene ring substituents is 1. The van der Waals surface area contributed by atoms with Crippen LogP contribution >= 0.6 is 0 Å². The number of benzene rings is 3. The second-order valence-electron chi connectivity index (χ2n) is 11.5. The second-order valence-corrected chi connectivity index (χ2v) is 11.5. The first-order valence-corrected chi connectivity index (χ1v) is 15.1. The minimum Gasteiger partial charge on any atom is -0.496 e. The number of carbonyl (C=O) groups excluding carboxylic acids is 1. The lowest BCUT2D eigenvalue weighted by Crippen LogP contribution is -2.52. The van der Waals surface area contributed by atoms with Crippen LogP contribution in [0.5, 0.6) is 11.5 Å². The highest BCUT2D eigenvalue weighted by Gasteiger charge is 2.57. The van der Waals surface area contributed by atoms with E-state index in [0.29, 0.717) is 35.5 Å². The van der Waals surface area contributed by atoms with Crippen molar-refractivity contribution in [2.45, 2.75) is 51.1 Å². The average Bonchev–Trinajstić information content (AvgIpc) is 3.40. The summed E-state index contributed by atoms with van der Waals surface area (Å²) in [6.45, 7) is 1.57. The van der Waals surface area contributed by atoms with Gasteiger partial charge in [-0.1, -0.05) is 30.3 Å². The van der Waals surface area contributed by atoms with E-state index in [4.69, 9.17) is 14.2 Å². The molecule has 1 aliphatic rings. The van der Waals surface area contributed by atoms with E-state index in [-0.39, 0.29) is 60.8 Å². The third kappa shape index (κ3) is 6.77. The summed E-state index contributed by atoms with van der Waals surface area (Å²) in [5.74, 6) is 0.579. The summed E-state index contributed by atoms with van der Waals surface area (Å²) >= 11 is 0. The summed E-state index contributed by atoms with van der Waals surface area (Å²) < 4.78 is 63.0. The number of nitro groups is 1. The standard InChI is InChI=1S/C34H36F3N3O7/c1-4-47-31(41)13-12-27-30(45-2)16-23-19-38(15-14-25(23)32(27)46-3)21-33(42,34(35,36)37)28-20-39(18-22-8-6-5-7-9-22)29-17-24(40(43)44)10-11-26(28)29/h5-11,16-17,20,42H,4,12-15,18-19,21H2,1-3H3. The fourth-order valence-electron chi connectivity index (χ4n) is 6.32. The first-order chi connectivity index (χ1) is 22.4. The van der Waals surface area contributed by atoms with Crippen molar-refractivity contribution in [1.29, 1.82) is 0 Å². The van der Waals surface area contributed by atoms with Gasteiger partial charge in [-0.15, -0.1) is 0 Å². The fourth-order valence-corrected chi connectivity index (χ4v) is 6.32. The maximum Gasteiger partial charge on any atom is 0.422 e. The SMILES string of the molecule is CCOC(=O)CCc1c(OC)cc2c(c1OC)CCN(CC(O)(c1cn(Cc3ccccc3)c3cc([N+](=O)[O-])ccc13)C(F)(F)F)C2. The number of hydrogen-bond acceptors (Lipinski definition) is 8. The number of aromatic nitrogens is 1. The molecule has 1 N–H and O–H groups in total. The number of β-amino-alcohol motifs (C(OH)–C–C–N with tert-alkyl or cyclic N) is 1. The summed E-state index contributed by atoms with van der Waals surface area (Å²) in [4.78, 5) is 24.5. The van der Waals surface area contributed by atoms with E-state index < -0.39 is 23.2 Å². The molecule has 250 valence electrons. The van der Waals surface area contributed by atoms with E-state index in [2.05, 4.69) is 0 Å². The maximum absolute atomic E-state index is 15.0. The van der Waals surface area contributed by atoms with Gasteiger partial charge in [0.05, 0.1) is 31.3 Å². The van der Waals surface area contributed by atoms with Gasteiger partial charge in [-0.3, -0.25) is 19.8 Å². The highest BCUT2D eigenvalue weighted by atomic mass is 19.4. The van der Waals surface area contributed by atoms with Gasteiger partial charge in [-0.05, 0) is 43.0 Å². The molecule has 1 unspecified atom stereocenters. The predicted molar refractivity (Wildman–Crippen MR) is 168 cm³/mol. The van der Waals surface area contributed by atoms with Gasteiger partial charge in [-0.25, -0.2) is 0 Å². The van der Waals surface area contributed by atoms with Gasteiger partial charge < -0.3 is 23.9 Å². The Morgan fingerprint density at radius 3 is 2.47 bits per heavy atom. The Balaban J connectivity index is 1.52.